The van der Waals surface area contributed by atoms with Crippen molar-refractivity contribution in [3.8, 4) is 0 Å². The van der Waals surface area contributed by atoms with Gasteiger partial charge in [-0.15, -0.1) is 0 Å². The summed E-state index contributed by atoms with van der Waals surface area (Å²) >= 11 is 3.45. The number of fused-ring (bicyclic) bond motifs is 1. The fourth-order valence-corrected chi connectivity index (χ4v) is 2.60. The number of nitrogens with two attached hydrogens (primary N) is 1. The summed E-state index contributed by atoms with van der Waals surface area (Å²) < 4.78 is 1.01. The minimum atomic E-state index is -0.217. The molecule has 1 amide bonds. The van der Waals surface area contributed by atoms with Crippen LogP contribution in [0, 0.1) is 0 Å². The number of hydrogen-bond donors (Lipinski definition) is 1. The quantitative estimate of drug-likeness (QED) is 0.801. The maximum Gasteiger partial charge on any atom is 0.225 e. The van der Waals surface area contributed by atoms with Crippen LogP contribution in [0.3, 0.4) is 0 Å². The van der Waals surface area contributed by atoms with E-state index in [1.807, 2.05) is 12.1 Å². The second-order valence-corrected chi connectivity index (χ2v) is 4.16. The Morgan fingerprint density at radius 2 is 2.31 bits per heavy atom. The summed E-state index contributed by atoms with van der Waals surface area (Å²) in [6.07, 6.45) is 1.82. The molecule has 2 N–H and O–H groups in total. The zero-order valence-electron chi connectivity index (χ0n) is 7.09. The van der Waals surface area contributed by atoms with Gasteiger partial charge in [0, 0.05) is 4.47 Å². The summed E-state index contributed by atoms with van der Waals surface area (Å²) in [4.78, 5) is 11.1. The molecule has 0 saturated carbocycles. The van der Waals surface area contributed by atoms with Crippen LogP contribution in [0.25, 0.3) is 0 Å². The number of carbonyl (C=O) groups excluding carboxylic acids is 1. The molecule has 1 aliphatic carbocycles. The number of amides is 1. The van der Waals surface area contributed by atoms with Gasteiger partial charge in [0.05, 0.1) is 5.92 Å². The average molecular weight is 240 g/mol. The van der Waals surface area contributed by atoms with E-state index in [1.54, 1.807) is 0 Å². The van der Waals surface area contributed by atoms with E-state index in [0.29, 0.717) is 0 Å². The van der Waals surface area contributed by atoms with Crippen LogP contribution in [0.1, 0.15) is 23.5 Å². The van der Waals surface area contributed by atoms with E-state index in [2.05, 4.69) is 22.0 Å². The van der Waals surface area contributed by atoms with Gasteiger partial charge in [-0.05, 0) is 30.0 Å². The normalized spacial score (nSPS) is 19.9. The molecule has 1 aromatic rings. The Bertz CT molecular complexity index is 362. The molecule has 1 aromatic carbocycles. The lowest BCUT2D eigenvalue weighted by atomic mass is 10.0. The summed E-state index contributed by atoms with van der Waals surface area (Å²) in [6, 6.07) is 6.01. The fraction of sp³-hybridized carbons (Fsp3) is 0.300. The highest BCUT2D eigenvalue weighted by atomic mass is 79.9. The van der Waals surface area contributed by atoms with Gasteiger partial charge in [-0.25, -0.2) is 0 Å². The van der Waals surface area contributed by atoms with Crippen LogP contribution in [-0.4, -0.2) is 5.91 Å². The van der Waals surface area contributed by atoms with Crippen molar-refractivity contribution < 1.29 is 4.79 Å². The molecule has 0 aliphatic heterocycles. The third-order valence-electron chi connectivity index (χ3n) is 2.54. The van der Waals surface area contributed by atoms with Gasteiger partial charge in [0.1, 0.15) is 0 Å². The molecule has 1 aliphatic rings. The van der Waals surface area contributed by atoms with Gasteiger partial charge in [0.2, 0.25) is 5.91 Å². The zero-order chi connectivity index (χ0) is 9.42. The van der Waals surface area contributed by atoms with Gasteiger partial charge >= 0.3 is 0 Å². The molecular formula is C10H10BrNO. The summed E-state index contributed by atoms with van der Waals surface area (Å²) in [5, 5.41) is 0. The molecule has 0 spiro atoms. The Morgan fingerprint density at radius 1 is 1.54 bits per heavy atom. The molecule has 13 heavy (non-hydrogen) atoms. The first-order valence-corrected chi connectivity index (χ1v) is 5.06. The number of primary amides is 1. The maximum atomic E-state index is 11.1. The van der Waals surface area contributed by atoms with Gasteiger partial charge in [0.25, 0.3) is 0 Å². The average Bonchev–Trinajstić information content (AvgIpc) is 2.49. The highest BCUT2D eigenvalue weighted by Crippen LogP contribution is 2.37. The van der Waals surface area contributed by atoms with Gasteiger partial charge in [-0.3, -0.25) is 4.79 Å². The van der Waals surface area contributed by atoms with Crippen molar-refractivity contribution >= 4 is 21.8 Å². The van der Waals surface area contributed by atoms with Crippen molar-refractivity contribution in [1.82, 2.24) is 0 Å². The van der Waals surface area contributed by atoms with Crippen molar-refractivity contribution in [2.75, 3.05) is 0 Å². The number of hydrogen-bond acceptors (Lipinski definition) is 1. The van der Waals surface area contributed by atoms with Crippen LogP contribution in [0.15, 0.2) is 22.7 Å². The van der Waals surface area contributed by atoms with Crippen molar-refractivity contribution in [1.29, 1.82) is 0 Å². The van der Waals surface area contributed by atoms with Crippen LogP contribution >= 0.6 is 15.9 Å². The van der Waals surface area contributed by atoms with Gasteiger partial charge in [-0.2, -0.15) is 0 Å². The fourth-order valence-electron chi connectivity index (χ4n) is 1.92. The molecule has 1 atom stereocenters. The minimum Gasteiger partial charge on any atom is -0.369 e. The Morgan fingerprint density at radius 3 is 3.00 bits per heavy atom. The van der Waals surface area contributed by atoms with Crippen molar-refractivity contribution in [3.05, 3.63) is 33.8 Å². The largest absolute Gasteiger partial charge is 0.369 e. The predicted molar refractivity (Wildman–Crippen MR) is 54.4 cm³/mol. The molecule has 0 fully saturated rings. The monoisotopic (exact) mass is 239 g/mol. The predicted octanol–water partition coefficient (Wildman–Crippen LogP) is 1.96. The Hall–Kier alpha value is -0.830. The van der Waals surface area contributed by atoms with Crippen molar-refractivity contribution in [2.24, 2.45) is 5.73 Å². The first-order chi connectivity index (χ1) is 6.20. The number of benzene rings is 1. The molecule has 0 saturated heterocycles. The van der Waals surface area contributed by atoms with E-state index in [0.717, 1.165) is 22.9 Å². The minimum absolute atomic E-state index is 0.0921. The second kappa shape index (κ2) is 3.14. The number of halogens is 1. The van der Waals surface area contributed by atoms with Crippen molar-refractivity contribution in [2.45, 2.75) is 18.8 Å². The Labute approximate surface area is 85.3 Å². The third-order valence-corrected chi connectivity index (χ3v) is 3.23. The van der Waals surface area contributed by atoms with Gasteiger partial charge in [0.15, 0.2) is 0 Å². The van der Waals surface area contributed by atoms with E-state index in [1.165, 1.54) is 5.56 Å². The van der Waals surface area contributed by atoms with Crippen LogP contribution < -0.4 is 5.73 Å². The van der Waals surface area contributed by atoms with Crippen LogP contribution in [-0.2, 0) is 11.2 Å². The Kier molecular flexibility index (Phi) is 2.12. The molecule has 0 radical (unpaired) electrons. The zero-order valence-corrected chi connectivity index (χ0v) is 8.67. The lowest BCUT2D eigenvalue weighted by Crippen LogP contribution is -2.19. The molecule has 2 nitrogen and oxygen atoms in total. The molecule has 68 valence electrons. The maximum absolute atomic E-state index is 11.1. The van der Waals surface area contributed by atoms with E-state index < -0.39 is 0 Å². The molecule has 2 rings (SSSR count). The van der Waals surface area contributed by atoms with E-state index in [-0.39, 0.29) is 11.8 Å². The van der Waals surface area contributed by atoms with E-state index >= 15 is 0 Å². The first-order valence-electron chi connectivity index (χ1n) is 4.26. The van der Waals surface area contributed by atoms with E-state index in [9.17, 15) is 4.79 Å². The van der Waals surface area contributed by atoms with Gasteiger partial charge in [-0.1, -0.05) is 28.1 Å². The highest BCUT2D eigenvalue weighted by Gasteiger charge is 2.28. The molecule has 0 heterocycles. The summed E-state index contributed by atoms with van der Waals surface area (Å²) in [5.41, 5.74) is 7.66. The number of rotatable bonds is 1. The molecule has 0 unspecified atom stereocenters. The van der Waals surface area contributed by atoms with Crippen LogP contribution in [0.2, 0.25) is 0 Å². The lowest BCUT2D eigenvalue weighted by molar-refractivity contribution is -0.119. The lowest BCUT2D eigenvalue weighted by Gasteiger charge is -2.08. The van der Waals surface area contributed by atoms with E-state index in [4.69, 9.17) is 5.73 Å². The summed E-state index contributed by atoms with van der Waals surface area (Å²) in [5.74, 6) is -0.309. The Balaban J connectivity index is 2.52. The number of aryl methyl sites for hydroxylation is 1. The summed E-state index contributed by atoms with van der Waals surface area (Å²) in [6.45, 7) is 0. The topological polar surface area (TPSA) is 43.1 Å². The molecule has 3 heteroatoms. The number of carbonyl (C=O) groups is 1. The van der Waals surface area contributed by atoms with Crippen LogP contribution in [0.4, 0.5) is 0 Å². The highest BCUT2D eigenvalue weighted by molar-refractivity contribution is 9.10. The third kappa shape index (κ3) is 1.37. The first kappa shape index (κ1) is 8.75. The molecule has 0 aromatic heterocycles. The summed E-state index contributed by atoms with van der Waals surface area (Å²) in [7, 11) is 0. The van der Waals surface area contributed by atoms with Gasteiger partial charge < -0.3 is 5.73 Å². The molecular weight excluding hydrogens is 230 g/mol. The van der Waals surface area contributed by atoms with Crippen LogP contribution in [0.5, 0.6) is 0 Å². The smallest absolute Gasteiger partial charge is 0.225 e. The van der Waals surface area contributed by atoms with Crippen molar-refractivity contribution in [3.63, 3.8) is 0 Å². The standard InChI is InChI=1S/C10H10BrNO/c11-8-3-1-2-6-4-5-7(9(6)8)10(12)13/h1-3,7H,4-5H2,(H2,12,13)/t7-/m1/s1. The molecule has 0 bridgehead atoms. The SMILES string of the molecule is NC(=O)[C@@H]1CCc2cccc(Br)c21. The second-order valence-electron chi connectivity index (χ2n) is 3.31.